The molecule has 0 amide bonds. The van der Waals surface area contributed by atoms with E-state index in [9.17, 15) is 0 Å². The number of rotatable bonds is 20. The Balaban J connectivity index is 2.98. The van der Waals surface area contributed by atoms with Crippen molar-refractivity contribution >= 4 is 19.5 Å². The van der Waals surface area contributed by atoms with Crippen molar-refractivity contribution < 1.29 is 4.12 Å². The average Bonchev–Trinajstić information content (AvgIpc) is 2.60. The van der Waals surface area contributed by atoms with Gasteiger partial charge in [-0.2, -0.15) is 0 Å². The molecule has 0 saturated carbocycles. The van der Waals surface area contributed by atoms with Gasteiger partial charge in [-0.3, -0.25) is 0 Å². The molecule has 0 aliphatic heterocycles. The van der Waals surface area contributed by atoms with E-state index in [1.54, 1.807) is 0 Å². The van der Waals surface area contributed by atoms with E-state index < -0.39 is 9.04 Å². The molecule has 0 aliphatic carbocycles. The van der Waals surface area contributed by atoms with Crippen LogP contribution in [0, 0.1) is 0 Å². The summed E-state index contributed by atoms with van der Waals surface area (Å²) < 4.78 is 5.56. The smallest absolute Gasteiger partial charge is 0.159 e. The van der Waals surface area contributed by atoms with Crippen molar-refractivity contribution in [1.82, 2.24) is 0 Å². The Kier molecular flexibility index (Phi) is 21.8. The van der Waals surface area contributed by atoms with E-state index in [-0.39, 0.29) is 0 Å². The Morgan fingerprint density at radius 2 is 0.833 bits per heavy atom. The van der Waals surface area contributed by atoms with Crippen molar-refractivity contribution in [3.05, 3.63) is 0 Å². The minimum absolute atomic E-state index is 0.716. The fourth-order valence-electron chi connectivity index (χ4n) is 3.45. The maximum Gasteiger partial charge on any atom is 0.159 e. The molecule has 3 heteroatoms. The van der Waals surface area contributed by atoms with E-state index in [0.717, 1.165) is 10.5 Å². The van der Waals surface area contributed by atoms with Crippen LogP contribution in [0.15, 0.2) is 0 Å². The van der Waals surface area contributed by atoms with E-state index in [2.05, 4.69) is 13.5 Å². The molecule has 0 spiro atoms. The second kappa shape index (κ2) is 21.4. The zero-order valence-electron chi connectivity index (χ0n) is 17.4. The molecule has 0 rings (SSSR count). The summed E-state index contributed by atoms with van der Waals surface area (Å²) in [5.41, 5.74) is 0. The molecule has 0 aromatic carbocycles. The van der Waals surface area contributed by atoms with E-state index >= 15 is 0 Å². The first kappa shape index (κ1) is 24.4. The van der Waals surface area contributed by atoms with E-state index in [1.165, 1.54) is 122 Å². The van der Waals surface area contributed by atoms with Crippen LogP contribution >= 0.6 is 0 Å². The summed E-state index contributed by atoms with van der Waals surface area (Å²) in [4.78, 5) is 0. The predicted octanol–water partition coefficient (Wildman–Crippen LogP) is 6.68. The monoisotopic (exact) mass is 372 g/mol. The molecule has 146 valence electrons. The quantitative estimate of drug-likeness (QED) is 0.171. The maximum atomic E-state index is 5.56. The fraction of sp³-hybridized carbons (Fsp3) is 1.00. The normalized spacial score (nSPS) is 12.8. The van der Waals surface area contributed by atoms with Crippen molar-refractivity contribution in [2.24, 2.45) is 0 Å². The first-order valence-corrected chi connectivity index (χ1v) is 14.6. The third-order valence-corrected chi connectivity index (χ3v) is 9.81. The van der Waals surface area contributed by atoms with Crippen LogP contribution in [0.1, 0.15) is 122 Å². The van der Waals surface area contributed by atoms with Crippen molar-refractivity contribution in [3.63, 3.8) is 0 Å². The summed E-state index contributed by atoms with van der Waals surface area (Å²) >= 11 is 0. The van der Waals surface area contributed by atoms with E-state index in [1.807, 2.05) is 0 Å². The molecule has 24 heavy (non-hydrogen) atoms. The van der Waals surface area contributed by atoms with Crippen LogP contribution in [0.3, 0.4) is 0 Å². The summed E-state index contributed by atoms with van der Waals surface area (Å²) in [6, 6.07) is 1.40. The predicted molar refractivity (Wildman–Crippen MR) is 118 cm³/mol. The van der Waals surface area contributed by atoms with Gasteiger partial charge in [0, 0.05) is 0 Å². The van der Waals surface area contributed by atoms with Crippen LogP contribution in [0.4, 0.5) is 0 Å². The molecular formula is C21H48OSi2. The lowest BCUT2D eigenvalue weighted by molar-refractivity contribution is 0.525. The van der Waals surface area contributed by atoms with Crippen molar-refractivity contribution in [2.45, 2.75) is 135 Å². The van der Waals surface area contributed by atoms with Crippen LogP contribution in [-0.2, 0) is 4.12 Å². The molecule has 0 heterocycles. The summed E-state index contributed by atoms with van der Waals surface area (Å²) in [7, 11) is 0.240. The van der Waals surface area contributed by atoms with E-state index in [4.69, 9.17) is 4.12 Å². The summed E-state index contributed by atoms with van der Waals surface area (Å²) in [6.45, 7) is 4.65. The maximum absolute atomic E-state index is 5.56. The minimum atomic E-state index is -0.716. The first-order valence-electron chi connectivity index (χ1n) is 11.3. The average molecular weight is 373 g/mol. The fourth-order valence-corrected chi connectivity index (χ4v) is 5.26. The zero-order valence-corrected chi connectivity index (χ0v) is 20.6. The highest BCUT2D eigenvalue weighted by Crippen LogP contribution is 2.14. The molecule has 0 radical (unpaired) electrons. The second-order valence-corrected chi connectivity index (χ2v) is 11.9. The van der Waals surface area contributed by atoms with Crippen LogP contribution in [-0.4, -0.2) is 19.5 Å². The molecule has 0 saturated heterocycles. The van der Waals surface area contributed by atoms with Gasteiger partial charge in [0.25, 0.3) is 0 Å². The second-order valence-electron chi connectivity index (χ2n) is 7.85. The van der Waals surface area contributed by atoms with Crippen LogP contribution in [0.25, 0.3) is 0 Å². The Bertz CT molecular complexity index is 224. The molecule has 0 bridgehead atoms. The highest BCUT2D eigenvalue weighted by Gasteiger charge is 2.00. The highest BCUT2D eigenvalue weighted by molar-refractivity contribution is 6.54. The van der Waals surface area contributed by atoms with Gasteiger partial charge in [-0.05, 0) is 12.6 Å². The van der Waals surface area contributed by atoms with Gasteiger partial charge in [0.15, 0.2) is 9.04 Å². The van der Waals surface area contributed by atoms with Gasteiger partial charge in [0.1, 0.15) is 10.5 Å². The summed E-state index contributed by atoms with van der Waals surface area (Å²) in [5, 5.41) is 0. The van der Waals surface area contributed by atoms with Crippen LogP contribution in [0.5, 0.6) is 0 Å². The van der Waals surface area contributed by atoms with Gasteiger partial charge >= 0.3 is 0 Å². The third kappa shape index (κ3) is 20.4. The standard InChI is InChI=1S/C21H48OSi2/c1-3-4-5-6-7-8-9-10-11-12-13-14-15-16-17-18-19-20-21-24(2)22-23/h24H,3-21H2,1-2,23H3. The molecule has 1 atom stereocenters. The third-order valence-electron chi connectivity index (χ3n) is 5.37. The lowest BCUT2D eigenvalue weighted by Gasteiger charge is -2.07. The van der Waals surface area contributed by atoms with Gasteiger partial charge in [-0.25, -0.2) is 0 Å². The zero-order chi connectivity index (χ0) is 17.7. The molecule has 0 N–H and O–H groups in total. The highest BCUT2D eigenvalue weighted by atomic mass is 28.3. The number of hydrogen-bond acceptors (Lipinski definition) is 1. The van der Waals surface area contributed by atoms with Crippen LogP contribution < -0.4 is 0 Å². The van der Waals surface area contributed by atoms with Gasteiger partial charge < -0.3 is 4.12 Å². The van der Waals surface area contributed by atoms with Crippen molar-refractivity contribution in [3.8, 4) is 0 Å². The number of hydrogen-bond donors (Lipinski definition) is 0. The largest absolute Gasteiger partial charge is 0.466 e. The van der Waals surface area contributed by atoms with Gasteiger partial charge in [-0.1, -0.05) is 122 Å². The molecule has 0 aromatic rings. The van der Waals surface area contributed by atoms with E-state index in [0.29, 0.717) is 0 Å². The lowest BCUT2D eigenvalue weighted by Crippen LogP contribution is -2.09. The lowest BCUT2D eigenvalue weighted by atomic mass is 10.0. The van der Waals surface area contributed by atoms with Crippen molar-refractivity contribution in [2.75, 3.05) is 0 Å². The topological polar surface area (TPSA) is 9.23 Å². The Morgan fingerprint density at radius 3 is 1.12 bits per heavy atom. The summed E-state index contributed by atoms with van der Waals surface area (Å²) in [6.07, 6.45) is 26.4. The number of unbranched alkanes of at least 4 members (excludes halogenated alkanes) is 17. The SMILES string of the molecule is CCCCCCCCCCCCCCCCCCCC[SiH](C)O[SiH3]. The van der Waals surface area contributed by atoms with Crippen LogP contribution in [0.2, 0.25) is 12.6 Å². The molecular weight excluding hydrogens is 324 g/mol. The molecule has 0 aromatic heterocycles. The Labute approximate surface area is 159 Å². The minimum Gasteiger partial charge on any atom is -0.466 e. The van der Waals surface area contributed by atoms with Gasteiger partial charge in [0.2, 0.25) is 0 Å². The molecule has 1 nitrogen and oxygen atoms in total. The van der Waals surface area contributed by atoms with Gasteiger partial charge in [0.05, 0.1) is 0 Å². The van der Waals surface area contributed by atoms with Crippen molar-refractivity contribution in [1.29, 1.82) is 0 Å². The summed E-state index contributed by atoms with van der Waals surface area (Å²) in [5.74, 6) is 0. The Morgan fingerprint density at radius 1 is 0.542 bits per heavy atom. The first-order chi connectivity index (χ1) is 11.8. The molecule has 1 unspecified atom stereocenters. The molecule has 0 fully saturated rings. The van der Waals surface area contributed by atoms with Gasteiger partial charge in [-0.15, -0.1) is 0 Å². The molecule has 0 aliphatic rings. The Hall–Kier alpha value is 0.394.